The highest BCUT2D eigenvalue weighted by Crippen LogP contribution is 2.42. The first-order valence-corrected chi connectivity index (χ1v) is 7.15. The summed E-state index contributed by atoms with van der Waals surface area (Å²) in [5.74, 6) is -1.95. The molecule has 0 amide bonds. The van der Waals surface area contributed by atoms with Crippen molar-refractivity contribution in [2.24, 2.45) is 0 Å². The monoisotopic (exact) mass is 332 g/mol. The Balaban J connectivity index is 2.61. The van der Waals surface area contributed by atoms with Crippen LogP contribution in [-0.2, 0) is 16.0 Å². The van der Waals surface area contributed by atoms with Gasteiger partial charge >= 0.3 is 5.97 Å². The molecule has 0 aliphatic heterocycles. The van der Waals surface area contributed by atoms with Crippen LogP contribution in [0.5, 0.6) is 0 Å². The molecule has 0 N–H and O–H groups in total. The second-order valence-corrected chi connectivity index (χ2v) is 5.60. The highest BCUT2D eigenvalue weighted by atomic mass is 79.9. The van der Waals surface area contributed by atoms with Crippen LogP contribution in [0.3, 0.4) is 0 Å². The average molecular weight is 333 g/mol. The van der Waals surface area contributed by atoms with Crippen LogP contribution in [0.15, 0.2) is 21.5 Å². The minimum absolute atomic E-state index is 0.275. The molecule has 0 bridgehead atoms. The summed E-state index contributed by atoms with van der Waals surface area (Å²) in [5.41, 5.74) is -1.78. The Morgan fingerprint density at radius 3 is 2.78 bits per heavy atom. The molecular weight excluding hydrogens is 323 g/mol. The average Bonchev–Trinajstić information content (AvgIpc) is 2.65. The zero-order chi connectivity index (χ0) is 13.5. The predicted octanol–water partition coefficient (Wildman–Crippen LogP) is 2.79. The number of benzene rings is 1. The summed E-state index contributed by atoms with van der Waals surface area (Å²) in [6, 6.07) is 3.48. The number of thioether (sulfide) groups is 1. The van der Waals surface area contributed by atoms with Gasteiger partial charge in [0.05, 0.1) is 7.11 Å². The van der Waals surface area contributed by atoms with Gasteiger partial charge in [-0.1, -0.05) is 15.9 Å². The zero-order valence-corrected chi connectivity index (χ0v) is 12.2. The Labute approximate surface area is 116 Å². The molecule has 1 aromatic carbocycles. The maximum atomic E-state index is 14.5. The van der Waals surface area contributed by atoms with Gasteiger partial charge in [-0.3, -0.25) is 4.79 Å². The number of halogens is 2. The van der Waals surface area contributed by atoms with E-state index in [1.165, 1.54) is 11.8 Å². The lowest BCUT2D eigenvalue weighted by atomic mass is 10.0. The number of ether oxygens (including phenoxy) is 1. The number of rotatable bonds is 2. The van der Waals surface area contributed by atoms with Gasteiger partial charge in [0.15, 0.2) is 0 Å². The molecule has 3 nitrogen and oxygen atoms in total. The van der Waals surface area contributed by atoms with Crippen molar-refractivity contribution in [1.29, 1.82) is 0 Å². The van der Waals surface area contributed by atoms with Gasteiger partial charge < -0.3 is 4.74 Å². The summed E-state index contributed by atoms with van der Waals surface area (Å²) in [6.07, 6.45) is 1.52. The molecule has 0 radical (unpaired) electrons. The molecule has 0 aromatic heterocycles. The van der Waals surface area contributed by atoms with Crippen molar-refractivity contribution in [3.63, 3.8) is 0 Å². The molecule has 96 valence electrons. The number of methoxy groups -OCH3 is 1. The third-order valence-electron chi connectivity index (χ3n) is 2.95. The van der Waals surface area contributed by atoms with E-state index in [2.05, 4.69) is 20.7 Å². The van der Waals surface area contributed by atoms with Crippen LogP contribution >= 0.6 is 27.7 Å². The first-order valence-electron chi connectivity index (χ1n) is 5.13. The van der Waals surface area contributed by atoms with Crippen molar-refractivity contribution in [3.05, 3.63) is 27.7 Å². The standard InChI is InChI=1S/C12H10BrFO3S/c1-17-11(16)12(14)5-6-7(13)3-4-8(18-2)9(6)10(12)15/h3-4H,5H2,1-2H3/t12-/m0/s1. The van der Waals surface area contributed by atoms with Crippen molar-refractivity contribution in [1.82, 2.24) is 0 Å². The summed E-state index contributed by atoms with van der Waals surface area (Å²) in [6.45, 7) is 0. The first-order chi connectivity index (χ1) is 8.45. The lowest BCUT2D eigenvalue weighted by molar-refractivity contribution is -0.150. The summed E-state index contributed by atoms with van der Waals surface area (Å²) in [4.78, 5) is 24.3. The number of hydrogen-bond acceptors (Lipinski definition) is 4. The van der Waals surface area contributed by atoms with Crippen molar-refractivity contribution >= 4 is 39.4 Å². The van der Waals surface area contributed by atoms with E-state index in [0.717, 1.165) is 7.11 Å². The minimum atomic E-state index is -2.59. The van der Waals surface area contributed by atoms with E-state index in [1.807, 2.05) is 0 Å². The van der Waals surface area contributed by atoms with Crippen LogP contribution in [0.2, 0.25) is 0 Å². The fourth-order valence-corrected chi connectivity index (χ4v) is 3.14. The van der Waals surface area contributed by atoms with Crippen molar-refractivity contribution in [3.8, 4) is 0 Å². The van der Waals surface area contributed by atoms with Gasteiger partial charge in [-0.2, -0.15) is 0 Å². The van der Waals surface area contributed by atoms with Crippen LogP contribution in [0.4, 0.5) is 4.39 Å². The van der Waals surface area contributed by atoms with Gasteiger partial charge in [-0.05, 0) is 24.0 Å². The number of carbonyl (C=O) groups excluding carboxylic acids is 2. The smallest absolute Gasteiger partial charge is 0.352 e. The highest BCUT2D eigenvalue weighted by molar-refractivity contribution is 9.10. The van der Waals surface area contributed by atoms with Gasteiger partial charge in [-0.25, -0.2) is 9.18 Å². The minimum Gasteiger partial charge on any atom is -0.466 e. The third-order valence-corrected chi connectivity index (χ3v) is 4.48. The number of ketones is 1. The molecular formula is C12H10BrFO3S. The molecule has 0 unspecified atom stereocenters. The molecule has 0 fully saturated rings. The van der Waals surface area contributed by atoms with Crippen LogP contribution in [0.1, 0.15) is 15.9 Å². The quantitative estimate of drug-likeness (QED) is 0.474. The van der Waals surface area contributed by atoms with E-state index in [4.69, 9.17) is 0 Å². The SMILES string of the molecule is COC(=O)[C@]1(F)Cc2c(Br)ccc(SC)c2C1=O. The molecule has 1 atom stereocenters. The van der Waals surface area contributed by atoms with E-state index >= 15 is 0 Å². The van der Waals surface area contributed by atoms with Crippen LogP contribution < -0.4 is 0 Å². The van der Waals surface area contributed by atoms with Gasteiger partial charge in [-0.15, -0.1) is 11.8 Å². The topological polar surface area (TPSA) is 43.4 Å². The maximum Gasteiger partial charge on any atom is 0.352 e. The molecule has 0 saturated heterocycles. The van der Waals surface area contributed by atoms with Crippen molar-refractivity contribution in [2.45, 2.75) is 17.0 Å². The van der Waals surface area contributed by atoms with Crippen LogP contribution in [0.25, 0.3) is 0 Å². The molecule has 18 heavy (non-hydrogen) atoms. The molecule has 1 aliphatic rings. The Morgan fingerprint density at radius 1 is 1.56 bits per heavy atom. The Morgan fingerprint density at radius 2 is 2.22 bits per heavy atom. The van der Waals surface area contributed by atoms with Gasteiger partial charge in [0.1, 0.15) is 0 Å². The number of Topliss-reactive ketones (excluding diaryl/α,β-unsaturated/α-hetero) is 1. The van der Waals surface area contributed by atoms with E-state index in [0.29, 0.717) is 14.9 Å². The zero-order valence-electron chi connectivity index (χ0n) is 9.75. The number of alkyl halides is 1. The van der Waals surface area contributed by atoms with E-state index < -0.39 is 17.4 Å². The van der Waals surface area contributed by atoms with Gasteiger partial charge in [0, 0.05) is 21.4 Å². The van der Waals surface area contributed by atoms with Crippen LogP contribution in [-0.4, -0.2) is 30.8 Å². The van der Waals surface area contributed by atoms with E-state index in [1.54, 1.807) is 18.4 Å². The van der Waals surface area contributed by atoms with Crippen LogP contribution in [0, 0.1) is 0 Å². The molecule has 0 saturated carbocycles. The number of esters is 1. The largest absolute Gasteiger partial charge is 0.466 e. The normalized spacial score (nSPS) is 21.9. The summed E-state index contributed by atoms with van der Waals surface area (Å²) in [7, 11) is 1.07. The molecule has 6 heteroatoms. The second kappa shape index (κ2) is 4.66. The van der Waals surface area contributed by atoms with Crippen molar-refractivity contribution < 1.29 is 18.7 Å². The van der Waals surface area contributed by atoms with Crippen molar-refractivity contribution in [2.75, 3.05) is 13.4 Å². The molecule has 1 aromatic rings. The fourth-order valence-electron chi connectivity index (χ4n) is 2.04. The molecule has 0 spiro atoms. The third kappa shape index (κ3) is 1.78. The molecule has 0 heterocycles. The Hall–Kier alpha value is -0.880. The molecule has 1 aliphatic carbocycles. The van der Waals surface area contributed by atoms with Gasteiger partial charge in [0.2, 0.25) is 5.78 Å². The first kappa shape index (κ1) is 13.5. The summed E-state index contributed by atoms with van der Waals surface area (Å²) < 4.78 is 19.6. The molecule has 2 rings (SSSR count). The highest BCUT2D eigenvalue weighted by Gasteiger charge is 2.55. The predicted molar refractivity (Wildman–Crippen MR) is 69.8 cm³/mol. The Bertz CT molecular complexity index is 546. The lowest BCUT2D eigenvalue weighted by Crippen LogP contribution is -2.41. The Kier molecular flexibility index (Phi) is 3.51. The lowest BCUT2D eigenvalue weighted by Gasteiger charge is -2.13. The number of hydrogen-bond donors (Lipinski definition) is 0. The van der Waals surface area contributed by atoms with Gasteiger partial charge in [0.25, 0.3) is 5.67 Å². The van der Waals surface area contributed by atoms with E-state index in [-0.39, 0.29) is 12.0 Å². The van der Waals surface area contributed by atoms with E-state index in [9.17, 15) is 14.0 Å². The fraction of sp³-hybridized carbons (Fsp3) is 0.333. The maximum absolute atomic E-state index is 14.5. The second-order valence-electron chi connectivity index (χ2n) is 3.90. The summed E-state index contributed by atoms with van der Waals surface area (Å²) in [5, 5.41) is 0. The number of carbonyl (C=O) groups is 2. The summed E-state index contributed by atoms with van der Waals surface area (Å²) >= 11 is 4.63. The number of fused-ring (bicyclic) bond motifs is 1.